The number of nitrogens with zero attached hydrogens (tertiary/aromatic N) is 2. The summed E-state index contributed by atoms with van der Waals surface area (Å²) in [5, 5.41) is 8.64. The molecule has 5 nitrogen and oxygen atoms in total. The SMILES string of the molecule is O=c1[nH]c2c(cc1CNCc1ccc(F)cc1)c(-c1cccc(F)c1)nn2-c1ccccc1. The summed E-state index contributed by atoms with van der Waals surface area (Å²) in [6.45, 7) is 0.791. The second-order valence-corrected chi connectivity index (χ2v) is 7.72. The molecule has 0 aliphatic carbocycles. The Labute approximate surface area is 188 Å². The average Bonchev–Trinajstić information content (AvgIpc) is 3.19. The fourth-order valence-corrected chi connectivity index (χ4v) is 3.79. The maximum atomic E-state index is 14.0. The summed E-state index contributed by atoms with van der Waals surface area (Å²) in [6.07, 6.45) is 0. The first-order valence-electron chi connectivity index (χ1n) is 10.5. The number of halogens is 2. The number of fused-ring (bicyclic) bond motifs is 1. The normalized spacial score (nSPS) is 11.2. The van der Waals surface area contributed by atoms with Crippen LogP contribution in [-0.2, 0) is 13.1 Å². The summed E-state index contributed by atoms with van der Waals surface area (Å²) in [5.74, 6) is -0.651. The molecule has 0 amide bonds. The lowest BCUT2D eigenvalue weighted by atomic mass is 10.1. The summed E-state index contributed by atoms with van der Waals surface area (Å²) in [6, 6.07) is 23.7. The van der Waals surface area contributed by atoms with E-state index in [4.69, 9.17) is 5.10 Å². The van der Waals surface area contributed by atoms with E-state index in [9.17, 15) is 13.6 Å². The number of aromatic nitrogens is 3. The van der Waals surface area contributed by atoms with Crippen LogP contribution in [-0.4, -0.2) is 14.8 Å². The largest absolute Gasteiger partial charge is 0.308 e. The van der Waals surface area contributed by atoms with Gasteiger partial charge in [0.1, 0.15) is 23.0 Å². The predicted molar refractivity (Wildman–Crippen MR) is 124 cm³/mol. The molecule has 0 bridgehead atoms. The second-order valence-electron chi connectivity index (χ2n) is 7.72. The quantitative estimate of drug-likeness (QED) is 0.391. The van der Waals surface area contributed by atoms with Crippen molar-refractivity contribution in [3.8, 4) is 16.9 Å². The number of para-hydroxylation sites is 1. The predicted octanol–water partition coefficient (Wildman–Crippen LogP) is 4.95. The zero-order valence-corrected chi connectivity index (χ0v) is 17.6. The number of aromatic amines is 1. The Morgan fingerprint density at radius 2 is 1.64 bits per heavy atom. The van der Waals surface area contributed by atoms with Crippen LogP contribution in [0.25, 0.3) is 28.0 Å². The zero-order chi connectivity index (χ0) is 22.8. The topological polar surface area (TPSA) is 62.7 Å². The standard InChI is InChI=1S/C26H20F2N4O/c27-20-11-9-17(10-12-20)15-29-16-19-14-23-24(18-5-4-6-21(28)13-18)31-32(25(23)30-26(19)33)22-7-2-1-3-8-22/h1-14,29H,15-16H2,(H,30,33). The van der Waals surface area contributed by atoms with Gasteiger partial charge in [-0.2, -0.15) is 5.10 Å². The molecule has 0 fully saturated rings. The van der Waals surface area contributed by atoms with Gasteiger partial charge in [0, 0.05) is 29.6 Å². The molecule has 0 radical (unpaired) electrons. The van der Waals surface area contributed by atoms with E-state index < -0.39 is 0 Å². The van der Waals surface area contributed by atoms with Crippen molar-refractivity contribution in [2.75, 3.05) is 0 Å². The van der Waals surface area contributed by atoms with Crippen molar-refractivity contribution < 1.29 is 8.78 Å². The van der Waals surface area contributed by atoms with Crippen LogP contribution in [0, 0.1) is 11.6 Å². The molecule has 164 valence electrons. The van der Waals surface area contributed by atoms with Crippen LogP contribution >= 0.6 is 0 Å². The highest BCUT2D eigenvalue weighted by Gasteiger charge is 2.17. The van der Waals surface area contributed by atoms with Gasteiger partial charge in [-0.05, 0) is 48.0 Å². The van der Waals surface area contributed by atoms with Crippen molar-refractivity contribution in [1.82, 2.24) is 20.1 Å². The molecule has 0 saturated carbocycles. The third-order valence-electron chi connectivity index (χ3n) is 5.42. The molecule has 0 saturated heterocycles. The molecule has 7 heteroatoms. The lowest BCUT2D eigenvalue weighted by Crippen LogP contribution is -2.21. The molecule has 0 aliphatic rings. The minimum Gasteiger partial charge on any atom is -0.308 e. The van der Waals surface area contributed by atoms with Gasteiger partial charge in [0.2, 0.25) is 0 Å². The third-order valence-corrected chi connectivity index (χ3v) is 5.42. The van der Waals surface area contributed by atoms with E-state index >= 15 is 0 Å². The molecular weight excluding hydrogens is 422 g/mol. The van der Waals surface area contributed by atoms with Crippen LogP contribution in [0.5, 0.6) is 0 Å². The van der Waals surface area contributed by atoms with Crippen molar-refractivity contribution in [3.05, 3.63) is 118 Å². The van der Waals surface area contributed by atoms with Crippen molar-refractivity contribution in [1.29, 1.82) is 0 Å². The summed E-state index contributed by atoms with van der Waals surface area (Å²) >= 11 is 0. The number of hydrogen-bond acceptors (Lipinski definition) is 3. The van der Waals surface area contributed by atoms with Crippen LogP contribution in [0.3, 0.4) is 0 Å². The molecule has 0 spiro atoms. The minimum atomic E-state index is -0.361. The van der Waals surface area contributed by atoms with E-state index in [2.05, 4.69) is 10.3 Å². The van der Waals surface area contributed by atoms with Gasteiger partial charge in [-0.25, -0.2) is 13.5 Å². The summed E-state index contributed by atoms with van der Waals surface area (Å²) in [4.78, 5) is 15.8. The van der Waals surface area contributed by atoms with E-state index in [-0.39, 0.29) is 17.2 Å². The van der Waals surface area contributed by atoms with Gasteiger partial charge in [0.05, 0.1) is 5.69 Å². The Balaban J connectivity index is 1.55. The Bertz CT molecular complexity index is 1470. The second kappa shape index (κ2) is 8.80. The van der Waals surface area contributed by atoms with E-state index in [1.165, 1.54) is 24.3 Å². The molecule has 0 atom stereocenters. The Kier molecular flexibility index (Phi) is 5.54. The van der Waals surface area contributed by atoms with Gasteiger partial charge in [-0.3, -0.25) is 4.79 Å². The molecule has 33 heavy (non-hydrogen) atoms. The zero-order valence-electron chi connectivity index (χ0n) is 17.6. The summed E-state index contributed by atoms with van der Waals surface area (Å²) in [5.41, 5.74) is 3.70. The molecule has 0 unspecified atom stereocenters. The highest BCUT2D eigenvalue weighted by molar-refractivity contribution is 5.92. The van der Waals surface area contributed by atoms with Crippen molar-refractivity contribution >= 4 is 11.0 Å². The van der Waals surface area contributed by atoms with Gasteiger partial charge in [-0.15, -0.1) is 0 Å². The van der Waals surface area contributed by atoms with Gasteiger partial charge in [0.15, 0.2) is 0 Å². The third kappa shape index (κ3) is 4.31. The number of H-pyrrole nitrogens is 1. The minimum absolute atomic E-state index is 0.239. The van der Waals surface area contributed by atoms with Crippen molar-refractivity contribution in [2.24, 2.45) is 0 Å². The number of hydrogen-bond donors (Lipinski definition) is 2. The van der Waals surface area contributed by atoms with E-state index in [1.807, 2.05) is 30.3 Å². The first kappa shape index (κ1) is 20.8. The van der Waals surface area contributed by atoms with Gasteiger partial charge in [-0.1, -0.05) is 42.5 Å². The van der Waals surface area contributed by atoms with Gasteiger partial charge >= 0.3 is 0 Å². The van der Waals surface area contributed by atoms with Crippen molar-refractivity contribution in [3.63, 3.8) is 0 Å². The van der Waals surface area contributed by atoms with Crippen LogP contribution in [0.2, 0.25) is 0 Å². The fraction of sp³-hybridized carbons (Fsp3) is 0.0769. The first-order chi connectivity index (χ1) is 16.1. The summed E-state index contributed by atoms with van der Waals surface area (Å²) < 4.78 is 28.7. The number of benzene rings is 3. The molecule has 5 rings (SSSR count). The maximum absolute atomic E-state index is 14.0. The smallest absolute Gasteiger partial charge is 0.254 e. The molecule has 0 aliphatic heterocycles. The Morgan fingerprint density at radius 3 is 2.39 bits per heavy atom. The van der Waals surface area contributed by atoms with Crippen LogP contribution in [0.4, 0.5) is 8.78 Å². The molecule has 2 heterocycles. The first-order valence-corrected chi connectivity index (χ1v) is 10.5. The van der Waals surface area contributed by atoms with E-state index in [0.717, 1.165) is 11.3 Å². The number of pyridine rings is 1. The highest BCUT2D eigenvalue weighted by Crippen LogP contribution is 2.29. The fourth-order valence-electron chi connectivity index (χ4n) is 3.79. The van der Waals surface area contributed by atoms with Crippen LogP contribution in [0.15, 0.2) is 89.7 Å². The highest BCUT2D eigenvalue weighted by atomic mass is 19.1. The van der Waals surface area contributed by atoms with Gasteiger partial charge < -0.3 is 10.3 Å². The van der Waals surface area contributed by atoms with Crippen LogP contribution < -0.4 is 10.9 Å². The Hall–Kier alpha value is -4.10. The van der Waals surface area contributed by atoms with Crippen LogP contribution in [0.1, 0.15) is 11.1 Å². The average molecular weight is 442 g/mol. The molecule has 3 aromatic carbocycles. The molecule has 2 aromatic heterocycles. The number of rotatable bonds is 6. The lowest BCUT2D eigenvalue weighted by Gasteiger charge is -2.06. The molecular formula is C26H20F2N4O. The molecule has 2 N–H and O–H groups in total. The maximum Gasteiger partial charge on any atom is 0.254 e. The van der Waals surface area contributed by atoms with E-state index in [0.29, 0.717) is 40.9 Å². The van der Waals surface area contributed by atoms with Crippen molar-refractivity contribution in [2.45, 2.75) is 13.1 Å². The number of nitrogens with one attached hydrogen (secondary N) is 2. The lowest BCUT2D eigenvalue weighted by molar-refractivity contribution is 0.624. The Morgan fingerprint density at radius 1 is 0.848 bits per heavy atom. The monoisotopic (exact) mass is 442 g/mol. The molecule has 5 aromatic rings. The van der Waals surface area contributed by atoms with E-state index in [1.54, 1.807) is 35.0 Å². The summed E-state index contributed by atoms with van der Waals surface area (Å²) in [7, 11) is 0. The van der Waals surface area contributed by atoms with Gasteiger partial charge in [0.25, 0.3) is 5.56 Å².